The molecule has 1 heteroatoms. The van der Waals surface area contributed by atoms with Gasteiger partial charge >= 0.3 is 0 Å². The van der Waals surface area contributed by atoms with E-state index in [4.69, 9.17) is 0 Å². The van der Waals surface area contributed by atoms with E-state index in [2.05, 4.69) is 24.4 Å². The summed E-state index contributed by atoms with van der Waals surface area (Å²) in [5, 5.41) is 3.54. The first-order valence-corrected chi connectivity index (χ1v) is 4.78. The molecule has 66 valence electrons. The molecule has 1 saturated carbocycles. The molecule has 0 amide bonds. The van der Waals surface area contributed by atoms with Crippen molar-refractivity contribution < 1.29 is 1.43 Å². The first kappa shape index (κ1) is 8.79. The van der Waals surface area contributed by atoms with Gasteiger partial charge in [0.25, 0.3) is 0 Å². The van der Waals surface area contributed by atoms with Crippen LogP contribution in [-0.4, -0.2) is 12.6 Å². The van der Waals surface area contributed by atoms with Gasteiger partial charge in [-0.3, -0.25) is 0 Å². The van der Waals surface area contributed by atoms with Gasteiger partial charge in [-0.1, -0.05) is 31.4 Å². The van der Waals surface area contributed by atoms with Crippen LogP contribution in [0.2, 0.25) is 0 Å². The molecule has 1 rings (SSSR count). The molecule has 0 radical (unpaired) electrons. The molecular formula is C10H21N. The second-order valence-electron chi connectivity index (χ2n) is 3.31. The predicted molar refractivity (Wildman–Crippen MR) is 51.8 cm³/mol. The minimum atomic E-state index is 0. The number of hydrogen-bond donors (Lipinski definition) is 1. The summed E-state index contributed by atoms with van der Waals surface area (Å²) in [5.74, 6) is 0. The van der Waals surface area contributed by atoms with E-state index in [0.29, 0.717) is 0 Å². The first-order valence-electron chi connectivity index (χ1n) is 4.78. The smallest absolute Gasteiger partial charge is 0.0137 e. The number of nitrogens with one attached hydrogen (secondary N) is 1. The van der Waals surface area contributed by atoms with Gasteiger partial charge < -0.3 is 5.32 Å². The Hall–Kier alpha value is -0.300. The van der Waals surface area contributed by atoms with Crippen LogP contribution in [0.5, 0.6) is 0 Å². The lowest BCUT2D eigenvalue weighted by atomic mass is 9.95. The van der Waals surface area contributed by atoms with Crippen molar-refractivity contribution >= 4 is 0 Å². The normalized spacial score (nSPS) is 21.2. The Balaban J connectivity index is 0.00000121. The van der Waals surface area contributed by atoms with Gasteiger partial charge in [-0.2, -0.15) is 0 Å². The largest absolute Gasteiger partial charge is 0.311 e. The maximum Gasteiger partial charge on any atom is 0.0137 e. The molecule has 0 unspecified atom stereocenters. The van der Waals surface area contributed by atoms with E-state index in [0.717, 1.165) is 12.6 Å². The minimum Gasteiger partial charge on any atom is -0.311 e. The summed E-state index contributed by atoms with van der Waals surface area (Å²) < 4.78 is 0. The van der Waals surface area contributed by atoms with Crippen LogP contribution in [0.15, 0.2) is 12.2 Å². The Labute approximate surface area is 71.4 Å². The summed E-state index contributed by atoms with van der Waals surface area (Å²) in [6.07, 6.45) is 11.4. The summed E-state index contributed by atoms with van der Waals surface area (Å²) in [6.45, 7) is 3.13. The lowest BCUT2D eigenvalue weighted by molar-refractivity contribution is 0.385. The van der Waals surface area contributed by atoms with E-state index in [1.807, 2.05) is 0 Å². The van der Waals surface area contributed by atoms with Crippen LogP contribution >= 0.6 is 0 Å². The summed E-state index contributed by atoms with van der Waals surface area (Å²) in [7, 11) is 0. The highest BCUT2D eigenvalue weighted by Gasteiger charge is 2.10. The average Bonchev–Trinajstić information content (AvgIpc) is 2.07. The molecule has 0 aromatic carbocycles. The van der Waals surface area contributed by atoms with E-state index in [1.165, 1.54) is 32.1 Å². The van der Waals surface area contributed by atoms with Crippen molar-refractivity contribution in [2.75, 3.05) is 6.54 Å². The summed E-state index contributed by atoms with van der Waals surface area (Å²) in [4.78, 5) is 0. The van der Waals surface area contributed by atoms with Crippen molar-refractivity contribution in [3.8, 4) is 0 Å². The average molecular weight is 155 g/mol. The van der Waals surface area contributed by atoms with Crippen molar-refractivity contribution in [1.29, 1.82) is 0 Å². The standard InChI is InChI=1S/C10H19N.H2/c1-2-3-9-11-10-7-5-4-6-8-10;/h2-3,10-11H,4-9H2,1H3;1H/b3-2+;. The van der Waals surface area contributed by atoms with Gasteiger partial charge in [-0.05, 0) is 19.8 Å². The summed E-state index contributed by atoms with van der Waals surface area (Å²) in [5.41, 5.74) is 0. The zero-order valence-electron chi connectivity index (χ0n) is 7.47. The van der Waals surface area contributed by atoms with Crippen molar-refractivity contribution in [2.24, 2.45) is 0 Å². The van der Waals surface area contributed by atoms with Gasteiger partial charge in [0.2, 0.25) is 0 Å². The maximum atomic E-state index is 3.54. The summed E-state index contributed by atoms with van der Waals surface area (Å²) in [6, 6.07) is 0.806. The lowest BCUT2D eigenvalue weighted by Gasteiger charge is -2.21. The second-order valence-corrected chi connectivity index (χ2v) is 3.31. The number of hydrogen-bond acceptors (Lipinski definition) is 1. The highest BCUT2D eigenvalue weighted by atomic mass is 14.9. The Kier molecular flexibility index (Phi) is 4.29. The van der Waals surface area contributed by atoms with E-state index >= 15 is 0 Å². The van der Waals surface area contributed by atoms with Crippen molar-refractivity contribution in [2.45, 2.75) is 45.1 Å². The molecule has 1 N–H and O–H groups in total. The molecule has 0 atom stereocenters. The monoisotopic (exact) mass is 155 g/mol. The molecule has 0 aromatic rings. The van der Waals surface area contributed by atoms with Crippen LogP contribution in [0.3, 0.4) is 0 Å². The van der Waals surface area contributed by atoms with Crippen LogP contribution in [0.25, 0.3) is 0 Å². The second kappa shape index (κ2) is 5.36. The molecule has 11 heavy (non-hydrogen) atoms. The molecule has 0 aromatic heterocycles. The van der Waals surface area contributed by atoms with Gasteiger partial charge in [-0.15, -0.1) is 0 Å². The van der Waals surface area contributed by atoms with Gasteiger partial charge in [-0.25, -0.2) is 0 Å². The van der Waals surface area contributed by atoms with Crippen LogP contribution in [0.4, 0.5) is 0 Å². The van der Waals surface area contributed by atoms with Gasteiger partial charge in [0.1, 0.15) is 0 Å². The van der Waals surface area contributed by atoms with Crippen LogP contribution in [-0.2, 0) is 0 Å². The SMILES string of the molecule is C/C=C/CNC1CCCCC1.[HH]. The first-order chi connectivity index (χ1) is 5.43. The number of allylic oxidation sites excluding steroid dienone is 1. The Morgan fingerprint density at radius 2 is 2.09 bits per heavy atom. The Bertz CT molecular complexity index is 117. The van der Waals surface area contributed by atoms with E-state index in [-0.39, 0.29) is 1.43 Å². The van der Waals surface area contributed by atoms with Crippen LogP contribution < -0.4 is 5.32 Å². The molecule has 1 aliphatic rings. The third kappa shape index (κ3) is 3.57. The third-order valence-electron chi connectivity index (χ3n) is 2.37. The molecular weight excluding hydrogens is 134 g/mol. The quantitative estimate of drug-likeness (QED) is 0.618. The zero-order chi connectivity index (χ0) is 7.94. The van der Waals surface area contributed by atoms with Crippen LogP contribution in [0.1, 0.15) is 40.5 Å². The molecule has 1 nitrogen and oxygen atoms in total. The fourth-order valence-corrected chi connectivity index (χ4v) is 1.66. The fraction of sp³-hybridized carbons (Fsp3) is 0.800. The molecule has 0 bridgehead atoms. The molecule has 1 aliphatic carbocycles. The van der Waals surface area contributed by atoms with E-state index < -0.39 is 0 Å². The topological polar surface area (TPSA) is 12.0 Å². The maximum absolute atomic E-state index is 3.54. The predicted octanol–water partition coefficient (Wildman–Crippen LogP) is 2.73. The highest BCUT2D eigenvalue weighted by molar-refractivity contribution is 4.82. The van der Waals surface area contributed by atoms with Crippen molar-refractivity contribution in [3.05, 3.63) is 12.2 Å². The Morgan fingerprint density at radius 3 is 2.73 bits per heavy atom. The lowest BCUT2D eigenvalue weighted by Crippen LogP contribution is -2.30. The van der Waals surface area contributed by atoms with E-state index in [1.54, 1.807) is 0 Å². The fourth-order valence-electron chi connectivity index (χ4n) is 1.66. The molecule has 1 fully saturated rings. The summed E-state index contributed by atoms with van der Waals surface area (Å²) >= 11 is 0. The van der Waals surface area contributed by atoms with Crippen molar-refractivity contribution in [1.82, 2.24) is 5.32 Å². The van der Waals surface area contributed by atoms with Gasteiger partial charge in [0.05, 0.1) is 0 Å². The third-order valence-corrected chi connectivity index (χ3v) is 2.37. The van der Waals surface area contributed by atoms with Crippen LogP contribution in [0, 0.1) is 0 Å². The van der Waals surface area contributed by atoms with Gasteiger partial charge in [0, 0.05) is 14.0 Å². The molecule has 0 heterocycles. The molecule has 0 aliphatic heterocycles. The molecule has 0 spiro atoms. The van der Waals surface area contributed by atoms with Crippen molar-refractivity contribution in [3.63, 3.8) is 0 Å². The highest BCUT2D eigenvalue weighted by Crippen LogP contribution is 2.16. The van der Waals surface area contributed by atoms with Gasteiger partial charge in [0.15, 0.2) is 0 Å². The molecule has 0 saturated heterocycles. The Morgan fingerprint density at radius 1 is 1.36 bits per heavy atom. The van der Waals surface area contributed by atoms with E-state index in [9.17, 15) is 0 Å². The minimum absolute atomic E-state index is 0. The number of rotatable bonds is 3. The zero-order valence-corrected chi connectivity index (χ0v) is 7.47.